The van der Waals surface area contributed by atoms with Crippen molar-refractivity contribution in [3.05, 3.63) is 41.5 Å². The van der Waals surface area contributed by atoms with Gasteiger partial charge in [-0.1, -0.05) is 63.7 Å². The van der Waals surface area contributed by atoms with Crippen molar-refractivity contribution in [3.8, 4) is 5.75 Å². The second kappa shape index (κ2) is 9.79. The highest BCUT2D eigenvalue weighted by molar-refractivity contribution is 5.76. The van der Waals surface area contributed by atoms with E-state index in [1.54, 1.807) is 0 Å². The highest BCUT2D eigenvalue weighted by atomic mass is 16.5. The fourth-order valence-electron chi connectivity index (χ4n) is 4.01. The molecule has 0 bridgehead atoms. The lowest BCUT2D eigenvalue weighted by Gasteiger charge is -2.20. The molecule has 1 saturated carbocycles. The Kier molecular flexibility index (Phi) is 7.14. The fourth-order valence-corrected chi connectivity index (χ4v) is 4.01. The fraction of sp³-hybridized carbons (Fsp3) is 0.609. The number of unbranched alkanes of at least 4 members (excludes halogenated alkanes) is 3. The lowest BCUT2D eigenvalue weighted by Crippen LogP contribution is -2.07. The van der Waals surface area contributed by atoms with Crippen LogP contribution in [0.15, 0.2) is 40.9 Å². The van der Waals surface area contributed by atoms with Crippen LogP contribution in [0, 0.1) is 5.92 Å². The number of hydrogen-bond donors (Lipinski definition) is 0. The molecular formula is C23H33NO. The Morgan fingerprint density at radius 3 is 2.60 bits per heavy atom. The molecule has 1 aromatic rings. The zero-order valence-corrected chi connectivity index (χ0v) is 15.8. The minimum atomic E-state index is 0.375. The molecule has 25 heavy (non-hydrogen) atoms. The van der Waals surface area contributed by atoms with Crippen LogP contribution in [0.5, 0.6) is 5.75 Å². The smallest absolute Gasteiger partial charge is 0.119 e. The number of hydrogen-bond acceptors (Lipinski definition) is 2. The Morgan fingerprint density at radius 2 is 1.84 bits per heavy atom. The molecule has 2 aliphatic rings. The van der Waals surface area contributed by atoms with Crippen LogP contribution in [0.1, 0.15) is 76.2 Å². The molecule has 1 aliphatic heterocycles. The van der Waals surface area contributed by atoms with Gasteiger partial charge in [-0.2, -0.15) is 0 Å². The van der Waals surface area contributed by atoms with Crippen molar-refractivity contribution in [3.63, 3.8) is 0 Å². The van der Waals surface area contributed by atoms with E-state index in [0.717, 1.165) is 31.2 Å². The first kappa shape index (κ1) is 18.2. The van der Waals surface area contributed by atoms with E-state index in [0.29, 0.717) is 5.92 Å². The molecule has 2 nitrogen and oxygen atoms in total. The monoisotopic (exact) mass is 339 g/mol. The summed E-state index contributed by atoms with van der Waals surface area (Å²) >= 11 is 0. The van der Waals surface area contributed by atoms with E-state index in [-0.39, 0.29) is 0 Å². The van der Waals surface area contributed by atoms with Gasteiger partial charge in [0.1, 0.15) is 5.75 Å². The summed E-state index contributed by atoms with van der Waals surface area (Å²) in [7, 11) is 0. The van der Waals surface area contributed by atoms with E-state index in [1.807, 2.05) is 0 Å². The van der Waals surface area contributed by atoms with Crippen molar-refractivity contribution in [1.82, 2.24) is 0 Å². The van der Waals surface area contributed by atoms with Crippen molar-refractivity contribution in [1.29, 1.82) is 0 Å². The summed E-state index contributed by atoms with van der Waals surface area (Å²) in [6, 6.07) is 8.69. The first-order valence-electron chi connectivity index (χ1n) is 10.3. The predicted octanol–water partition coefficient (Wildman–Crippen LogP) is 6.32. The molecule has 0 radical (unpaired) electrons. The maximum absolute atomic E-state index is 5.87. The van der Waals surface area contributed by atoms with E-state index >= 15 is 0 Å². The number of aliphatic imine (C=N–C) groups is 1. The summed E-state index contributed by atoms with van der Waals surface area (Å²) in [5.74, 6) is 2.15. The molecule has 136 valence electrons. The van der Waals surface area contributed by atoms with Crippen LogP contribution in [-0.4, -0.2) is 19.4 Å². The molecule has 3 rings (SSSR count). The molecule has 1 aromatic carbocycles. The maximum atomic E-state index is 5.87. The van der Waals surface area contributed by atoms with Gasteiger partial charge in [-0.25, -0.2) is 0 Å². The topological polar surface area (TPSA) is 21.6 Å². The minimum Gasteiger partial charge on any atom is -0.494 e. The number of nitrogens with zero attached hydrogens (tertiary/aromatic N) is 1. The van der Waals surface area contributed by atoms with Gasteiger partial charge in [0.2, 0.25) is 0 Å². The molecular weight excluding hydrogens is 306 g/mol. The van der Waals surface area contributed by atoms with Crippen LogP contribution in [0.2, 0.25) is 0 Å². The highest BCUT2D eigenvalue weighted by Crippen LogP contribution is 2.33. The van der Waals surface area contributed by atoms with Gasteiger partial charge in [0.15, 0.2) is 0 Å². The van der Waals surface area contributed by atoms with Crippen LogP contribution in [0.4, 0.5) is 0 Å². The number of ether oxygens (including phenoxy) is 1. The number of benzene rings is 1. The third kappa shape index (κ3) is 5.45. The molecule has 1 unspecified atom stereocenters. The zero-order chi connectivity index (χ0) is 17.3. The summed E-state index contributed by atoms with van der Waals surface area (Å²) < 4.78 is 5.87. The first-order valence-corrected chi connectivity index (χ1v) is 10.3. The summed E-state index contributed by atoms with van der Waals surface area (Å²) in [5.41, 5.74) is 2.85. The number of allylic oxidation sites excluding steroid dienone is 1. The minimum absolute atomic E-state index is 0.375. The molecule has 1 fully saturated rings. The van der Waals surface area contributed by atoms with Crippen molar-refractivity contribution >= 4 is 6.21 Å². The van der Waals surface area contributed by atoms with Gasteiger partial charge in [0, 0.05) is 12.1 Å². The van der Waals surface area contributed by atoms with Crippen LogP contribution in [0.25, 0.3) is 0 Å². The molecule has 1 heterocycles. The molecule has 1 atom stereocenters. The van der Waals surface area contributed by atoms with Gasteiger partial charge in [-0.3, -0.25) is 4.99 Å². The lowest BCUT2D eigenvalue weighted by molar-refractivity contribution is 0.305. The Morgan fingerprint density at radius 1 is 1.04 bits per heavy atom. The second-order valence-electron chi connectivity index (χ2n) is 7.59. The van der Waals surface area contributed by atoms with Crippen molar-refractivity contribution in [2.45, 2.75) is 70.6 Å². The molecule has 0 saturated heterocycles. The predicted molar refractivity (Wildman–Crippen MR) is 107 cm³/mol. The standard InChI is InChI=1S/C23H33NO/c1-2-3-4-8-15-25-22-13-11-20(12-14-22)23-18-24-17-21(23)16-19-9-6-5-7-10-19/h11-14,16,18-19,23H,2-10,15,17H2,1H3. The quantitative estimate of drug-likeness (QED) is 0.401. The molecule has 0 N–H and O–H groups in total. The van der Waals surface area contributed by atoms with Crippen molar-refractivity contribution < 1.29 is 4.74 Å². The normalized spacial score (nSPS) is 22.6. The van der Waals surface area contributed by atoms with E-state index in [2.05, 4.69) is 48.5 Å². The lowest BCUT2D eigenvalue weighted by atomic mass is 9.85. The Bertz CT molecular complexity index is 566. The Hall–Kier alpha value is -1.57. The third-order valence-corrected chi connectivity index (χ3v) is 5.53. The zero-order valence-electron chi connectivity index (χ0n) is 15.8. The second-order valence-corrected chi connectivity index (χ2v) is 7.59. The van der Waals surface area contributed by atoms with Gasteiger partial charge >= 0.3 is 0 Å². The largest absolute Gasteiger partial charge is 0.494 e. The molecule has 0 spiro atoms. The van der Waals surface area contributed by atoms with Gasteiger partial charge < -0.3 is 4.74 Å². The molecule has 0 aromatic heterocycles. The van der Waals surface area contributed by atoms with Crippen LogP contribution in [-0.2, 0) is 0 Å². The number of rotatable bonds is 8. The van der Waals surface area contributed by atoms with Gasteiger partial charge in [0.25, 0.3) is 0 Å². The third-order valence-electron chi connectivity index (χ3n) is 5.53. The first-order chi connectivity index (χ1) is 12.4. The van der Waals surface area contributed by atoms with Gasteiger partial charge in [-0.05, 0) is 48.4 Å². The van der Waals surface area contributed by atoms with E-state index in [1.165, 1.54) is 62.5 Å². The van der Waals surface area contributed by atoms with Crippen LogP contribution >= 0.6 is 0 Å². The van der Waals surface area contributed by atoms with Gasteiger partial charge in [0.05, 0.1) is 13.2 Å². The summed E-state index contributed by atoms with van der Waals surface area (Å²) in [5, 5.41) is 0. The maximum Gasteiger partial charge on any atom is 0.119 e. The van der Waals surface area contributed by atoms with E-state index in [4.69, 9.17) is 4.74 Å². The summed E-state index contributed by atoms with van der Waals surface area (Å²) in [6.07, 6.45) is 16.6. The van der Waals surface area contributed by atoms with Crippen molar-refractivity contribution in [2.24, 2.45) is 10.9 Å². The summed E-state index contributed by atoms with van der Waals surface area (Å²) in [4.78, 5) is 4.56. The average molecular weight is 340 g/mol. The molecule has 1 aliphatic carbocycles. The Balaban J connectivity index is 1.55. The SMILES string of the molecule is CCCCCCOc1ccc(C2C=NCC2=CC2CCCCC2)cc1. The van der Waals surface area contributed by atoms with Crippen molar-refractivity contribution in [2.75, 3.05) is 13.2 Å². The van der Waals surface area contributed by atoms with Crippen LogP contribution < -0.4 is 4.74 Å². The Labute approximate surface area is 153 Å². The van der Waals surface area contributed by atoms with E-state index in [9.17, 15) is 0 Å². The van der Waals surface area contributed by atoms with E-state index < -0.39 is 0 Å². The molecule has 2 heteroatoms. The summed E-state index contributed by atoms with van der Waals surface area (Å²) in [6.45, 7) is 3.96. The molecule has 0 amide bonds. The average Bonchev–Trinajstić information content (AvgIpc) is 3.11. The highest BCUT2D eigenvalue weighted by Gasteiger charge is 2.21. The van der Waals surface area contributed by atoms with Crippen LogP contribution in [0.3, 0.4) is 0 Å². The van der Waals surface area contributed by atoms with Gasteiger partial charge in [-0.15, -0.1) is 0 Å².